The van der Waals surface area contributed by atoms with Crippen molar-refractivity contribution in [3.05, 3.63) is 86.3 Å². The molecule has 0 bridgehead atoms. The molecule has 1 aromatic heterocycles. The highest BCUT2D eigenvalue weighted by Crippen LogP contribution is 2.31. The molecule has 0 radical (unpaired) electrons. The highest BCUT2D eigenvalue weighted by atomic mass is 35.5. The number of aromatic nitrogens is 2. The van der Waals surface area contributed by atoms with Crippen LogP contribution < -0.4 is 10.7 Å². The van der Waals surface area contributed by atoms with Crippen LogP contribution >= 0.6 is 11.6 Å². The topological polar surface area (TPSA) is 81.1 Å². The Morgan fingerprint density at radius 2 is 1.86 bits per heavy atom. The molecule has 6 nitrogen and oxygen atoms in total. The van der Waals surface area contributed by atoms with Crippen LogP contribution in [0.25, 0.3) is 5.69 Å². The van der Waals surface area contributed by atoms with Crippen molar-refractivity contribution in [2.45, 2.75) is 19.8 Å². The fraction of sp³-hybridized carbons (Fsp3) is 0.143. The molecule has 140 valence electrons. The molecule has 0 fully saturated rings. The van der Waals surface area contributed by atoms with Gasteiger partial charge in [-0.2, -0.15) is 5.10 Å². The van der Waals surface area contributed by atoms with E-state index in [0.717, 1.165) is 16.8 Å². The lowest BCUT2D eigenvalue weighted by molar-refractivity contribution is -0.117. The maximum atomic E-state index is 12.7. The van der Waals surface area contributed by atoms with Crippen LogP contribution in [0.4, 0.5) is 5.69 Å². The number of ketones is 1. The van der Waals surface area contributed by atoms with E-state index in [2.05, 4.69) is 10.4 Å². The van der Waals surface area contributed by atoms with Gasteiger partial charge in [0.1, 0.15) is 5.78 Å². The minimum absolute atomic E-state index is 0.0892. The maximum absolute atomic E-state index is 12.7. The van der Waals surface area contributed by atoms with Gasteiger partial charge in [0.25, 0.3) is 5.91 Å². The van der Waals surface area contributed by atoms with E-state index in [1.807, 2.05) is 30.3 Å². The number of carbonyl (C=O) groups is 2. The first-order valence-corrected chi connectivity index (χ1v) is 9.11. The maximum Gasteiger partial charge on any atom is 0.280 e. The number of nitrogens with one attached hydrogen (secondary N) is 1. The second-order valence-corrected chi connectivity index (χ2v) is 7.10. The number of fused-ring (bicyclic) bond motifs is 1. The Kier molecular flexibility index (Phi) is 4.57. The van der Waals surface area contributed by atoms with E-state index >= 15 is 0 Å². The van der Waals surface area contributed by atoms with E-state index in [9.17, 15) is 14.4 Å². The lowest BCUT2D eigenvalue weighted by Gasteiger charge is -2.12. The zero-order valence-electron chi connectivity index (χ0n) is 15.0. The number of hydrogen-bond acceptors (Lipinski definition) is 4. The fourth-order valence-electron chi connectivity index (χ4n) is 3.32. The highest BCUT2D eigenvalue weighted by molar-refractivity contribution is 6.32. The molecule has 1 N–H and O–H groups in total. The third-order valence-corrected chi connectivity index (χ3v) is 4.97. The van der Waals surface area contributed by atoms with Crippen LogP contribution in [0.2, 0.25) is 5.02 Å². The van der Waals surface area contributed by atoms with Gasteiger partial charge in [-0.3, -0.25) is 14.4 Å². The monoisotopic (exact) mass is 393 g/mol. The predicted molar refractivity (Wildman–Crippen MR) is 106 cm³/mol. The van der Waals surface area contributed by atoms with Gasteiger partial charge < -0.3 is 5.32 Å². The zero-order valence-corrected chi connectivity index (χ0v) is 15.8. The van der Waals surface area contributed by atoms with Crippen molar-refractivity contribution in [3.63, 3.8) is 0 Å². The van der Waals surface area contributed by atoms with Gasteiger partial charge in [-0.05, 0) is 42.3 Å². The highest BCUT2D eigenvalue weighted by Gasteiger charge is 2.23. The number of hydrogen-bond donors (Lipinski definition) is 1. The van der Waals surface area contributed by atoms with Crippen molar-refractivity contribution < 1.29 is 9.59 Å². The van der Waals surface area contributed by atoms with Crippen LogP contribution in [-0.2, 0) is 17.6 Å². The predicted octanol–water partition coefficient (Wildman–Crippen LogP) is 3.11. The van der Waals surface area contributed by atoms with E-state index in [0.29, 0.717) is 29.2 Å². The SMILES string of the molecule is Cc1cc(=O)c(C(=O)Nc2cc(Cl)c3c(c2)CC(=O)C3)nn1-c1ccccc1. The van der Waals surface area contributed by atoms with Crippen LogP contribution in [0.1, 0.15) is 27.3 Å². The lowest BCUT2D eigenvalue weighted by Crippen LogP contribution is -2.27. The number of rotatable bonds is 3. The number of amides is 1. The smallest absolute Gasteiger partial charge is 0.280 e. The summed E-state index contributed by atoms with van der Waals surface area (Å²) in [6.45, 7) is 1.75. The Labute approximate surface area is 165 Å². The first kappa shape index (κ1) is 18.1. The molecule has 2 aromatic carbocycles. The number of benzene rings is 2. The Bertz CT molecular complexity index is 1170. The van der Waals surface area contributed by atoms with Gasteiger partial charge in [0.05, 0.1) is 5.69 Å². The first-order chi connectivity index (χ1) is 13.4. The molecule has 1 amide bonds. The lowest BCUT2D eigenvalue weighted by atomic mass is 10.1. The minimum atomic E-state index is -0.630. The molecule has 4 rings (SSSR count). The van der Waals surface area contributed by atoms with Crippen molar-refractivity contribution in [1.29, 1.82) is 0 Å². The van der Waals surface area contributed by atoms with Gasteiger partial charge in [0.15, 0.2) is 5.69 Å². The molecule has 1 aliphatic rings. The van der Waals surface area contributed by atoms with Crippen molar-refractivity contribution >= 4 is 29.0 Å². The average Bonchev–Trinajstić information content (AvgIpc) is 3.03. The number of nitrogens with zero attached hydrogens (tertiary/aromatic N) is 2. The van der Waals surface area contributed by atoms with Crippen LogP contribution in [0.5, 0.6) is 0 Å². The standard InChI is InChI=1S/C21H16ClN3O3/c1-12-7-19(27)20(24-25(12)15-5-3-2-4-6-15)21(28)23-14-8-13-9-16(26)11-17(13)18(22)10-14/h2-8,10H,9,11H2,1H3,(H,23,28). The molecular formula is C21H16ClN3O3. The molecule has 0 atom stereocenters. The molecule has 0 unspecified atom stereocenters. The normalized spacial score (nSPS) is 12.7. The molecule has 0 aliphatic heterocycles. The number of carbonyl (C=O) groups excluding carboxylic acids is 2. The van der Waals surface area contributed by atoms with E-state index in [4.69, 9.17) is 11.6 Å². The molecule has 28 heavy (non-hydrogen) atoms. The van der Waals surface area contributed by atoms with E-state index in [1.165, 1.54) is 6.07 Å². The summed E-state index contributed by atoms with van der Waals surface area (Å²) in [5.74, 6) is -0.540. The molecule has 7 heteroatoms. The largest absolute Gasteiger partial charge is 0.320 e. The number of Topliss-reactive ketones (excluding diaryl/α,β-unsaturated/α-hetero) is 1. The van der Waals surface area contributed by atoms with Gasteiger partial charge in [0, 0.05) is 35.3 Å². The van der Waals surface area contributed by atoms with Crippen molar-refractivity contribution in [1.82, 2.24) is 9.78 Å². The summed E-state index contributed by atoms with van der Waals surface area (Å²) in [6, 6.07) is 13.9. The summed E-state index contributed by atoms with van der Waals surface area (Å²) in [4.78, 5) is 36.7. The molecule has 0 saturated carbocycles. The van der Waals surface area contributed by atoms with E-state index in [-0.39, 0.29) is 11.5 Å². The van der Waals surface area contributed by atoms with E-state index in [1.54, 1.807) is 23.7 Å². The van der Waals surface area contributed by atoms with Gasteiger partial charge >= 0.3 is 0 Å². The Morgan fingerprint density at radius 1 is 1.11 bits per heavy atom. The molecule has 3 aromatic rings. The molecule has 1 aliphatic carbocycles. The van der Waals surface area contributed by atoms with Gasteiger partial charge in [-0.25, -0.2) is 4.68 Å². The zero-order chi connectivity index (χ0) is 19.8. The van der Waals surface area contributed by atoms with Crippen LogP contribution in [0.15, 0.2) is 53.3 Å². The van der Waals surface area contributed by atoms with Crippen LogP contribution in [-0.4, -0.2) is 21.5 Å². The summed E-state index contributed by atoms with van der Waals surface area (Å²) in [6.07, 6.45) is 0.603. The Hall–Kier alpha value is -3.25. The number of para-hydroxylation sites is 1. The molecule has 1 heterocycles. The third-order valence-electron chi connectivity index (χ3n) is 4.63. The third kappa shape index (κ3) is 3.34. The molecular weight excluding hydrogens is 378 g/mol. The van der Waals surface area contributed by atoms with Gasteiger partial charge in [-0.15, -0.1) is 0 Å². The summed E-state index contributed by atoms with van der Waals surface area (Å²) in [5, 5.41) is 7.35. The van der Waals surface area contributed by atoms with Crippen molar-refractivity contribution in [2.75, 3.05) is 5.32 Å². The number of halogens is 1. The van der Waals surface area contributed by atoms with Crippen LogP contribution in [0, 0.1) is 6.92 Å². The quantitative estimate of drug-likeness (QED) is 0.741. The van der Waals surface area contributed by atoms with Crippen LogP contribution in [0.3, 0.4) is 0 Å². The first-order valence-electron chi connectivity index (χ1n) is 8.73. The molecule has 0 spiro atoms. The minimum Gasteiger partial charge on any atom is -0.320 e. The number of anilines is 1. The van der Waals surface area contributed by atoms with Gasteiger partial charge in [0.2, 0.25) is 5.43 Å². The second-order valence-electron chi connectivity index (χ2n) is 6.69. The summed E-state index contributed by atoms with van der Waals surface area (Å²) in [7, 11) is 0. The fourth-order valence-corrected chi connectivity index (χ4v) is 3.62. The molecule has 0 saturated heterocycles. The van der Waals surface area contributed by atoms with Gasteiger partial charge in [-0.1, -0.05) is 29.8 Å². The van der Waals surface area contributed by atoms with Crippen molar-refractivity contribution in [3.8, 4) is 5.69 Å². The number of aryl methyl sites for hydroxylation is 1. The summed E-state index contributed by atoms with van der Waals surface area (Å²) >= 11 is 6.24. The average molecular weight is 394 g/mol. The Morgan fingerprint density at radius 3 is 2.61 bits per heavy atom. The second kappa shape index (κ2) is 7.05. The summed E-state index contributed by atoms with van der Waals surface area (Å²) in [5.41, 5.74) is 2.69. The van der Waals surface area contributed by atoms with E-state index < -0.39 is 11.3 Å². The Balaban J connectivity index is 1.68. The summed E-state index contributed by atoms with van der Waals surface area (Å²) < 4.78 is 1.55. The van der Waals surface area contributed by atoms with Crippen molar-refractivity contribution in [2.24, 2.45) is 0 Å².